The second-order valence-corrected chi connectivity index (χ2v) is 9.14. The Morgan fingerprint density at radius 2 is 1.87 bits per heavy atom. The molecule has 1 fully saturated rings. The number of carbonyl (C=O) groups is 2. The van der Waals surface area contributed by atoms with Crippen LogP contribution in [0.25, 0.3) is 0 Å². The molecule has 30 heavy (non-hydrogen) atoms. The van der Waals surface area contributed by atoms with Gasteiger partial charge in [-0.25, -0.2) is 0 Å². The fourth-order valence-corrected chi connectivity index (χ4v) is 5.53. The molecule has 7 heteroatoms. The predicted molar refractivity (Wildman–Crippen MR) is 120 cm³/mol. The molecule has 4 atom stereocenters. The molecule has 158 valence electrons. The number of carbonyl (C=O) groups excluding carboxylic acids is 2. The molecule has 5 nitrogen and oxygen atoms in total. The molecule has 0 radical (unpaired) electrons. The van der Waals surface area contributed by atoms with Crippen LogP contribution in [0.2, 0.25) is 10.0 Å². The van der Waals surface area contributed by atoms with Gasteiger partial charge in [0, 0.05) is 41.8 Å². The minimum Gasteiger partial charge on any atom is -0.347 e. The normalized spacial score (nSPS) is 27.2. The molecule has 2 amide bonds. The fourth-order valence-electron chi connectivity index (χ4n) is 5.15. The van der Waals surface area contributed by atoms with Crippen molar-refractivity contribution in [1.82, 2.24) is 10.2 Å². The van der Waals surface area contributed by atoms with Gasteiger partial charge in [-0.15, -0.1) is 0 Å². The van der Waals surface area contributed by atoms with E-state index in [1.165, 1.54) is 0 Å². The van der Waals surface area contributed by atoms with Gasteiger partial charge in [-0.1, -0.05) is 54.7 Å². The van der Waals surface area contributed by atoms with E-state index in [0.717, 1.165) is 24.0 Å². The van der Waals surface area contributed by atoms with E-state index in [1.807, 2.05) is 30.3 Å². The maximum absolute atomic E-state index is 13.7. The van der Waals surface area contributed by atoms with E-state index < -0.39 is 17.4 Å². The van der Waals surface area contributed by atoms with Crippen LogP contribution in [0.5, 0.6) is 0 Å². The van der Waals surface area contributed by atoms with Gasteiger partial charge < -0.3 is 15.5 Å². The highest BCUT2D eigenvalue weighted by Crippen LogP contribution is 2.56. The Hall–Kier alpha value is -2.08. The highest BCUT2D eigenvalue weighted by atomic mass is 35.5. The summed E-state index contributed by atoms with van der Waals surface area (Å²) >= 11 is 12.5. The van der Waals surface area contributed by atoms with Crippen molar-refractivity contribution in [2.45, 2.75) is 43.2 Å². The quantitative estimate of drug-likeness (QED) is 0.741. The molecule has 0 unspecified atom stereocenters. The third kappa shape index (κ3) is 3.11. The molecule has 0 saturated carbocycles. The van der Waals surface area contributed by atoms with Gasteiger partial charge in [0.2, 0.25) is 11.8 Å². The van der Waals surface area contributed by atoms with Gasteiger partial charge in [0.05, 0.1) is 6.04 Å². The van der Waals surface area contributed by atoms with Gasteiger partial charge >= 0.3 is 0 Å². The van der Waals surface area contributed by atoms with Crippen LogP contribution in [0.3, 0.4) is 0 Å². The average Bonchev–Trinajstić information content (AvgIpc) is 3.17. The van der Waals surface area contributed by atoms with Gasteiger partial charge in [0.25, 0.3) is 0 Å². The van der Waals surface area contributed by atoms with Crippen molar-refractivity contribution in [2.75, 3.05) is 19.4 Å². The number of likely N-dealkylation sites (N-methyl/N-ethyl adjacent to an activating group) is 1. The summed E-state index contributed by atoms with van der Waals surface area (Å²) in [5.74, 6) is -0.581. The fraction of sp³-hybridized carbons (Fsp3) is 0.391. The van der Waals surface area contributed by atoms with Gasteiger partial charge in [-0.2, -0.15) is 0 Å². The summed E-state index contributed by atoms with van der Waals surface area (Å²) in [6.07, 6.45) is 1.63. The first-order valence-electron chi connectivity index (χ1n) is 10.1. The number of hydrogen-bond donors (Lipinski definition) is 2. The lowest BCUT2D eigenvalue weighted by Crippen LogP contribution is -2.48. The first-order chi connectivity index (χ1) is 14.3. The van der Waals surface area contributed by atoms with Crippen LogP contribution in [0, 0.1) is 0 Å². The highest BCUT2D eigenvalue weighted by Gasteiger charge is 2.65. The third-order valence-corrected chi connectivity index (χ3v) is 6.77. The van der Waals surface area contributed by atoms with Crippen molar-refractivity contribution in [3.8, 4) is 0 Å². The van der Waals surface area contributed by atoms with E-state index in [0.29, 0.717) is 15.7 Å². The van der Waals surface area contributed by atoms with E-state index in [2.05, 4.69) is 17.6 Å². The minimum absolute atomic E-state index is 0.0619. The Balaban J connectivity index is 1.99. The van der Waals surface area contributed by atoms with Crippen molar-refractivity contribution < 1.29 is 9.59 Å². The maximum atomic E-state index is 13.7. The molecule has 2 aromatic rings. The second kappa shape index (κ2) is 7.88. The molecule has 1 saturated heterocycles. The highest BCUT2D eigenvalue weighted by molar-refractivity contribution is 6.31. The first kappa shape index (κ1) is 21.2. The summed E-state index contributed by atoms with van der Waals surface area (Å²) in [5, 5.41) is 7.71. The van der Waals surface area contributed by atoms with Crippen LogP contribution in [0.4, 0.5) is 5.69 Å². The van der Waals surface area contributed by atoms with Crippen molar-refractivity contribution >= 4 is 40.7 Å². The monoisotopic (exact) mass is 445 g/mol. The number of fused-ring (bicyclic) bond motifs is 2. The number of hydrogen-bond acceptors (Lipinski definition) is 3. The Labute approximate surface area is 186 Å². The SMILES string of the molecule is CCC[C@H]1N[C@@H](C(=O)N(C)C)[C@H](c2cccc(Cl)c2)[C@@]12C(=O)Nc1cc(Cl)ccc12. The van der Waals surface area contributed by atoms with Gasteiger partial charge in [-0.3, -0.25) is 9.59 Å². The second-order valence-electron chi connectivity index (χ2n) is 8.26. The van der Waals surface area contributed by atoms with Crippen molar-refractivity contribution in [3.63, 3.8) is 0 Å². The van der Waals surface area contributed by atoms with Gasteiger partial charge in [-0.05, 0) is 41.8 Å². The maximum Gasteiger partial charge on any atom is 0.239 e. The molecule has 2 aromatic carbocycles. The summed E-state index contributed by atoms with van der Waals surface area (Å²) in [6, 6.07) is 12.2. The van der Waals surface area contributed by atoms with Crippen LogP contribution in [0.1, 0.15) is 36.8 Å². The zero-order chi connectivity index (χ0) is 21.6. The standard InChI is InChI=1S/C23H25Cl2N3O2/c1-4-6-18-23(16-10-9-15(25)12-17(16)26-22(23)30)19(13-7-5-8-14(24)11-13)20(27-18)21(29)28(2)3/h5,7-12,18-20,27H,4,6H2,1-3H3,(H,26,30)/t18-,19+,20-,23+/m1/s1. The predicted octanol–water partition coefficient (Wildman–Crippen LogP) is 4.20. The van der Waals surface area contributed by atoms with Crippen molar-refractivity contribution in [3.05, 3.63) is 63.6 Å². The van der Waals surface area contributed by atoms with E-state index in [-0.39, 0.29) is 17.9 Å². The van der Waals surface area contributed by atoms with Crippen LogP contribution in [0.15, 0.2) is 42.5 Å². The smallest absolute Gasteiger partial charge is 0.239 e. The summed E-state index contributed by atoms with van der Waals surface area (Å²) in [7, 11) is 3.47. The summed E-state index contributed by atoms with van der Waals surface area (Å²) < 4.78 is 0. The summed E-state index contributed by atoms with van der Waals surface area (Å²) in [4.78, 5) is 28.5. The zero-order valence-corrected chi connectivity index (χ0v) is 18.7. The molecule has 2 N–H and O–H groups in total. The third-order valence-electron chi connectivity index (χ3n) is 6.30. The van der Waals surface area contributed by atoms with E-state index in [9.17, 15) is 9.59 Å². The summed E-state index contributed by atoms with van der Waals surface area (Å²) in [5.41, 5.74) is 1.52. The number of amides is 2. The number of nitrogens with one attached hydrogen (secondary N) is 2. The van der Waals surface area contributed by atoms with Gasteiger partial charge in [0.15, 0.2) is 0 Å². The average molecular weight is 446 g/mol. The van der Waals surface area contributed by atoms with Crippen LogP contribution < -0.4 is 10.6 Å². The Morgan fingerprint density at radius 1 is 1.13 bits per heavy atom. The molecule has 2 aliphatic heterocycles. The minimum atomic E-state index is -0.934. The van der Waals surface area contributed by atoms with Crippen LogP contribution in [-0.2, 0) is 15.0 Å². The molecule has 0 aromatic heterocycles. The number of rotatable bonds is 4. The lowest BCUT2D eigenvalue weighted by molar-refractivity contribution is -0.131. The molecule has 4 rings (SSSR count). The van der Waals surface area contributed by atoms with Crippen molar-refractivity contribution in [1.29, 1.82) is 0 Å². The lowest BCUT2D eigenvalue weighted by Gasteiger charge is -2.35. The Morgan fingerprint density at radius 3 is 2.53 bits per heavy atom. The van der Waals surface area contributed by atoms with Crippen molar-refractivity contribution in [2.24, 2.45) is 0 Å². The number of anilines is 1. The van der Waals surface area contributed by atoms with Crippen LogP contribution in [-0.4, -0.2) is 42.9 Å². The number of benzene rings is 2. The molecule has 0 aliphatic carbocycles. The van der Waals surface area contributed by atoms with E-state index >= 15 is 0 Å². The van der Waals surface area contributed by atoms with E-state index in [4.69, 9.17) is 23.2 Å². The Bertz CT molecular complexity index is 1010. The number of nitrogens with zero attached hydrogens (tertiary/aromatic N) is 1. The zero-order valence-electron chi connectivity index (χ0n) is 17.2. The number of halogens is 2. The Kier molecular flexibility index (Phi) is 5.56. The largest absolute Gasteiger partial charge is 0.347 e. The first-order valence-corrected chi connectivity index (χ1v) is 10.9. The topological polar surface area (TPSA) is 61.4 Å². The van der Waals surface area contributed by atoms with E-state index in [1.54, 1.807) is 31.1 Å². The molecule has 2 heterocycles. The summed E-state index contributed by atoms with van der Waals surface area (Å²) in [6.45, 7) is 2.08. The molecular formula is C23H25Cl2N3O2. The van der Waals surface area contributed by atoms with Crippen LogP contribution >= 0.6 is 23.2 Å². The molecule has 0 bridgehead atoms. The lowest BCUT2D eigenvalue weighted by atomic mass is 9.64. The molecular weight excluding hydrogens is 421 g/mol. The molecule has 1 spiro atoms. The van der Waals surface area contributed by atoms with Gasteiger partial charge in [0.1, 0.15) is 5.41 Å². The molecule has 2 aliphatic rings.